The third-order valence-corrected chi connectivity index (χ3v) is 5.09. The van der Waals surface area contributed by atoms with Gasteiger partial charge in [0.05, 0.1) is 19.1 Å². The van der Waals surface area contributed by atoms with Crippen LogP contribution in [0, 0.1) is 5.41 Å². The average Bonchev–Trinajstić information content (AvgIpc) is 3.08. The van der Waals surface area contributed by atoms with Crippen LogP contribution >= 0.6 is 22.7 Å². The molecule has 0 saturated heterocycles. The molecule has 1 atom stereocenters. The lowest BCUT2D eigenvalue weighted by atomic mass is 9.86. The van der Waals surface area contributed by atoms with E-state index in [0.29, 0.717) is 13.1 Å². The minimum Gasteiger partial charge on any atom is -0.331 e. The number of hydrogen-bond donors (Lipinski definition) is 1. The summed E-state index contributed by atoms with van der Waals surface area (Å²) in [6.07, 6.45) is 0. The molecule has 2 rings (SSSR count). The monoisotopic (exact) mass is 322 g/mol. The summed E-state index contributed by atoms with van der Waals surface area (Å²) in [7, 11) is 0. The van der Waals surface area contributed by atoms with E-state index in [1.165, 1.54) is 9.75 Å². The third-order valence-electron chi connectivity index (χ3n) is 3.36. The molecule has 5 heteroatoms. The third kappa shape index (κ3) is 4.40. The summed E-state index contributed by atoms with van der Waals surface area (Å²) in [5.41, 5.74) is 5.93. The van der Waals surface area contributed by atoms with Crippen LogP contribution in [0.2, 0.25) is 0 Å². The van der Waals surface area contributed by atoms with Crippen molar-refractivity contribution in [1.29, 1.82) is 0 Å². The molecule has 0 fully saturated rings. The summed E-state index contributed by atoms with van der Waals surface area (Å²) < 4.78 is 0. The Kier molecular flexibility index (Phi) is 5.19. The first-order valence-electron chi connectivity index (χ1n) is 6.97. The molecular formula is C16H22N2OS2. The molecule has 3 nitrogen and oxygen atoms in total. The Morgan fingerprint density at radius 2 is 1.62 bits per heavy atom. The summed E-state index contributed by atoms with van der Waals surface area (Å²) >= 11 is 3.34. The molecule has 114 valence electrons. The Balaban J connectivity index is 2.16. The van der Waals surface area contributed by atoms with E-state index in [1.807, 2.05) is 48.6 Å². The predicted octanol–water partition coefficient (Wildman–Crippen LogP) is 3.71. The Morgan fingerprint density at radius 3 is 1.95 bits per heavy atom. The van der Waals surface area contributed by atoms with Gasteiger partial charge in [-0.25, -0.2) is 0 Å². The molecular weight excluding hydrogens is 300 g/mol. The maximum Gasteiger partial charge on any atom is 0.240 e. The quantitative estimate of drug-likeness (QED) is 0.912. The van der Waals surface area contributed by atoms with Crippen LogP contribution in [0.3, 0.4) is 0 Å². The van der Waals surface area contributed by atoms with E-state index in [4.69, 9.17) is 5.73 Å². The average molecular weight is 322 g/mol. The van der Waals surface area contributed by atoms with Gasteiger partial charge in [0, 0.05) is 9.75 Å². The van der Waals surface area contributed by atoms with Crippen LogP contribution < -0.4 is 5.73 Å². The highest BCUT2D eigenvalue weighted by molar-refractivity contribution is 7.10. The van der Waals surface area contributed by atoms with E-state index in [9.17, 15) is 4.79 Å². The Bertz CT molecular complexity index is 519. The van der Waals surface area contributed by atoms with Crippen molar-refractivity contribution in [3.05, 3.63) is 44.8 Å². The standard InChI is InChI=1S/C16H22N2OS2/c1-16(2,3)14(17)15(19)18(10-12-6-4-8-20-12)11-13-7-5-9-21-13/h4-9,14H,10-11,17H2,1-3H3. The van der Waals surface area contributed by atoms with E-state index in [0.717, 1.165) is 0 Å². The number of hydrogen-bond acceptors (Lipinski definition) is 4. The highest BCUT2D eigenvalue weighted by Gasteiger charge is 2.31. The van der Waals surface area contributed by atoms with E-state index >= 15 is 0 Å². The second kappa shape index (κ2) is 6.73. The zero-order valence-electron chi connectivity index (χ0n) is 12.7. The summed E-state index contributed by atoms with van der Waals surface area (Å²) in [4.78, 5) is 17.0. The van der Waals surface area contributed by atoms with Crippen molar-refractivity contribution in [3.8, 4) is 0 Å². The van der Waals surface area contributed by atoms with Crippen molar-refractivity contribution in [3.63, 3.8) is 0 Å². The molecule has 21 heavy (non-hydrogen) atoms. The van der Waals surface area contributed by atoms with E-state index < -0.39 is 6.04 Å². The van der Waals surface area contributed by atoms with Gasteiger partial charge in [0.15, 0.2) is 0 Å². The number of thiophene rings is 2. The fourth-order valence-corrected chi connectivity index (χ4v) is 3.40. The van der Waals surface area contributed by atoms with Crippen molar-refractivity contribution in [2.45, 2.75) is 39.9 Å². The second-order valence-corrected chi connectivity index (χ2v) is 8.26. The highest BCUT2D eigenvalue weighted by atomic mass is 32.1. The van der Waals surface area contributed by atoms with Crippen molar-refractivity contribution in [1.82, 2.24) is 4.90 Å². The Hall–Kier alpha value is -1.17. The van der Waals surface area contributed by atoms with E-state index in [-0.39, 0.29) is 11.3 Å². The topological polar surface area (TPSA) is 46.3 Å². The smallest absolute Gasteiger partial charge is 0.240 e. The lowest BCUT2D eigenvalue weighted by Gasteiger charge is -2.31. The van der Waals surface area contributed by atoms with Gasteiger partial charge in [-0.2, -0.15) is 0 Å². The number of rotatable bonds is 5. The molecule has 0 radical (unpaired) electrons. The van der Waals surface area contributed by atoms with E-state index in [2.05, 4.69) is 12.1 Å². The predicted molar refractivity (Wildman–Crippen MR) is 90.3 cm³/mol. The summed E-state index contributed by atoms with van der Waals surface area (Å²) in [5, 5.41) is 4.07. The van der Waals surface area contributed by atoms with Gasteiger partial charge < -0.3 is 10.6 Å². The number of carbonyl (C=O) groups is 1. The fraction of sp³-hybridized carbons (Fsp3) is 0.438. The van der Waals surface area contributed by atoms with Crippen LogP contribution in [0.15, 0.2) is 35.0 Å². The number of nitrogens with two attached hydrogens (primary N) is 1. The van der Waals surface area contributed by atoms with Gasteiger partial charge in [0.25, 0.3) is 0 Å². The van der Waals surface area contributed by atoms with Crippen molar-refractivity contribution < 1.29 is 4.79 Å². The lowest BCUT2D eigenvalue weighted by Crippen LogP contribution is -2.49. The molecule has 0 aromatic carbocycles. The first-order chi connectivity index (χ1) is 9.88. The first kappa shape index (κ1) is 16.2. The van der Waals surface area contributed by atoms with Crippen LogP contribution in [0.1, 0.15) is 30.5 Å². The second-order valence-electron chi connectivity index (χ2n) is 6.20. The van der Waals surface area contributed by atoms with Crippen molar-refractivity contribution in [2.24, 2.45) is 11.1 Å². The Labute approximate surface area is 134 Å². The Morgan fingerprint density at radius 1 is 1.14 bits per heavy atom. The van der Waals surface area contributed by atoms with Crippen LogP contribution in [0.4, 0.5) is 0 Å². The molecule has 0 spiro atoms. The molecule has 0 aliphatic rings. The SMILES string of the molecule is CC(C)(C)C(N)C(=O)N(Cc1cccs1)Cc1cccs1. The highest BCUT2D eigenvalue weighted by Crippen LogP contribution is 2.23. The van der Waals surface area contributed by atoms with Gasteiger partial charge in [-0.3, -0.25) is 4.79 Å². The lowest BCUT2D eigenvalue weighted by molar-refractivity contribution is -0.136. The first-order valence-corrected chi connectivity index (χ1v) is 8.73. The number of carbonyl (C=O) groups excluding carboxylic acids is 1. The zero-order valence-corrected chi connectivity index (χ0v) is 14.3. The fourth-order valence-electron chi connectivity index (χ4n) is 1.96. The summed E-state index contributed by atoms with van der Waals surface area (Å²) in [6.45, 7) is 7.26. The summed E-state index contributed by atoms with van der Waals surface area (Å²) in [5.74, 6) is 0.0179. The van der Waals surface area contributed by atoms with Gasteiger partial charge in [0.2, 0.25) is 5.91 Å². The van der Waals surface area contributed by atoms with Crippen LogP contribution in [-0.4, -0.2) is 16.8 Å². The van der Waals surface area contributed by atoms with Crippen LogP contribution in [0.25, 0.3) is 0 Å². The molecule has 0 aliphatic heterocycles. The maximum absolute atomic E-state index is 12.8. The molecule has 0 bridgehead atoms. The molecule has 0 aliphatic carbocycles. The van der Waals surface area contributed by atoms with Gasteiger partial charge in [-0.05, 0) is 28.3 Å². The van der Waals surface area contributed by atoms with Crippen molar-refractivity contribution >= 4 is 28.6 Å². The van der Waals surface area contributed by atoms with Crippen LogP contribution in [0.5, 0.6) is 0 Å². The molecule has 2 aromatic rings. The molecule has 2 aromatic heterocycles. The van der Waals surface area contributed by atoms with E-state index in [1.54, 1.807) is 22.7 Å². The molecule has 2 N–H and O–H groups in total. The molecule has 1 amide bonds. The molecule has 0 saturated carbocycles. The normalized spacial score (nSPS) is 13.1. The van der Waals surface area contributed by atoms with Gasteiger partial charge in [-0.1, -0.05) is 32.9 Å². The largest absolute Gasteiger partial charge is 0.331 e. The zero-order chi connectivity index (χ0) is 15.5. The minimum absolute atomic E-state index is 0.0179. The molecule has 2 heterocycles. The number of nitrogens with zero attached hydrogens (tertiary/aromatic N) is 1. The minimum atomic E-state index is -0.488. The summed E-state index contributed by atoms with van der Waals surface area (Å²) in [6, 6.07) is 7.65. The van der Waals surface area contributed by atoms with Gasteiger partial charge in [0.1, 0.15) is 0 Å². The van der Waals surface area contributed by atoms with Gasteiger partial charge >= 0.3 is 0 Å². The van der Waals surface area contributed by atoms with Gasteiger partial charge in [-0.15, -0.1) is 22.7 Å². The van der Waals surface area contributed by atoms with Crippen LogP contribution in [-0.2, 0) is 17.9 Å². The number of amides is 1. The maximum atomic E-state index is 12.8. The molecule has 1 unspecified atom stereocenters. The van der Waals surface area contributed by atoms with Crippen molar-refractivity contribution in [2.75, 3.05) is 0 Å².